The summed E-state index contributed by atoms with van der Waals surface area (Å²) in [5.74, 6) is -4.65. The summed E-state index contributed by atoms with van der Waals surface area (Å²) in [6.07, 6.45) is -5.22. The van der Waals surface area contributed by atoms with Gasteiger partial charge in [0.25, 0.3) is 0 Å². The first-order valence-corrected chi connectivity index (χ1v) is 4.43. The molecule has 0 aliphatic heterocycles. The molecule has 0 aromatic rings. The first kappa shape index (κ1) is 18.8. The molecule has 0 rings (SSSR count). The smallest absolute Gasteiger partial charge is 0.414 e. The van der Waals surface area contributed by atoms with E-state index in [9.17, 15) is 4.79 Å². The summed E-state index contributed by atoms with van der Waals surface area (Å²) in [6, 6.07) is 0. The van der Waals surface area contributed by atoms with Crippen LogP contribution in [0.1, 0.15) is 0 Å². The van der Waals surface area contributed by atoms with Crippen molar-refractivity contribution >= 4 is 17.7 Å². The van der Waals surface area contributed by atoms with Crippen LogP contribution in [0.3, 0.4) is 0 Å². The van der Waals surface area contributed by atoms with E-state index in [1.165, 1.54) is 0 Å². The standard InChI is InChI=1S/C6H12O6.C2H2O4/c7-1-3(9)5(11)6(12)4(10)2-8;3-1(4)2(5)6/h3,5-9,11-12H,1-2H2;(H,3,4)(H,5,6)/t3-,5-,6-;/m1./s1. The Balaban J connectivity index is 0. The number of Topliss-reactive ketones (excluding diaryl/α,β-unsaturated/α-hetero) is 1. The molecule has 0 bridgehead atoms. The quantitative estimate of drug-likeness (QED) is 0.241. The number of hydrogen-bond acceptors (Lipinski definition) is 8. The lowest BCUT2D eigenvalue weighted by Gasteiger charge is -2.19. The molecule has 0 saturated carbocycles. The Bertz CT molecular complexity index is 276. The van der Waals surface area contributed by atoms with Gasteiger partial charge in [-0.2, -0.15) is 0 Å². The predicted molar refractivity (Wildman–Crippen MR) is 52.5 cm³/mol. The van der Waals surface area contributed by atoms with Gasteiger partial charge in [0.1, 0.15) is 24.9 Å². The van der Waals surface area contributed by atoms with E-state index < -0.39 is 49.2 Å². The summed E-state index contributed by atoms with van der Waals surface area (Å²) < 4.78 is 0. The van der Waals surface area contributed by atoms with Crippen molar-refractivity contribution in [1.82, 2.24) is 0 Å². The van der Waals surface area contributed by atoms with Crippen LogP contribution in [0.5, 0.6) is 0 Å². The second-order valence-electron chi connectivity index (χ2n) is 2.92. The van der Waals surface area contributed by atoms with Crippen molar-refractivity contribution in [3.8, 4) is 0 Å². The number of carbonyl (C=O) groups excluding carboxylic acids is 1. The number of rotatable bonds is 5. The van der Waals surface area contributed by atoms with Crippen LogP contribution in [0, 0.1) is 0 Å². The van der Waals surface area contributed by atoms with E-state index in [0.29, 0.717) is 0 Å². The average molecular weight is 270 g/mol. The molecule has 0 saturated heterocycles. The summed E-state index contributed by atoms with van der Waals surface area (Å²) in [7, 11) is 0. The molecule has 10 nitrogen and oxygen atoms in total. The Morgan fingerprint density at radius 3 is 1.50 bits per heavy atom. The van der Waals surface area contributed by atoms with Crippen molar-refractivity contribution < 1.29 is 50.1 Å². The van der Waals surface area contributed by atoms with Gasteiger partial charge in [-0.05, 0) is 0 Å². The van der Waals surface area contributed by atoms with E-state index in [2.05, 4.69) is 0 Å². The van der Waals surface area contributed by atoms with Gasteiger partial charge in [-0.15, -0.1) is 0 Å². The molecule has 10 heteroatoms. The third kappa shape index (κ3) is 7.65. The normalized spacial score (nSPS) is 14.7. The Kier molecular flexibility index (Phi) is 9.84. The van der Waals surface area contributed by atoms with E-state index in [1.807, 2.05) is 0 Å². The molecule has 0 aliphatic carbocycles. The number of aliphatic hydroxyl groups excluding tert-OH is 5. The monoisotopic (exact) mass is 270 g/mol. The van der Waals surface area contributed by atoms with Crippen molar-refractivity contribution in [2.45, 2.75) is 18.3 Å². The van der Waals surface area contributed by atoms with Crippen molar-refractivity contribution in [1.29, 1.82) is 0 Å². The van der Waals surface area contributed by atoms with Gasteiger partial charge < -0.3 is 35.7 Å². The molecule has 18 heavy (non-hydrogen) atoms. The first-order valence-electron chi connectivity index (χ1n) is 4.43. The van der Waals surface area contributed by atoms with Gasteiger partial charge in [0.2, 0.25) is 0 Å². The summed E-state index contributed by atoms with van der Waals surface area (Å²) in [5.41, 5.74) is 0. The lowest BCUT2D eigenvalue weighted by Crippen LogP contribution is -2.44. The van der Waals surface area contributed by atoms with Crippen molar-refractivity contribution in [3.05, 3.63) is 0 Å². The Labute approximate surface area is 100 Å². The number of hydrogen-bond donors (Lipinski definition) is 7. The summed E-state index contributed by atoms with van der Waals surface area (Å²) in [6.45, 7) is -1.69. The highest BCUT2D eigenvalue weighted by atomic mass is 16.4. The Morgan fingerprint density at radius 1 is 0.889 bits per heavy atom. The van der Waals surface area contributed by atoms with E-state index in [-0.39, 0.29) is 0 Å². The maximum Gasteiger partial charge on any atom is 0.414 e. The molecule has 0 fully saturated rings. The summed E-state index contributed by atoms with van der Waals surface area (Å²) in [5, 5.41) is 57.8. The van der Waals surface area contributed by atoms with Crippen LogP contribution in [0.15, 0.2) is 0 Å². The number of carbonyl (C=O) groups is 3. The molecule has 0 heterocycles. The lowest BCUT2D eigenvalue weighted by molar-refractivity contribution is -0.159. The zero-order valence-electron chi connectivity index (χ0n) is 9.00. The zero-order chi connectivity index (χ0) is 14.9. The highest BCUT2D eigenvalue weighted by molar-refractivity contribution is 6.27. The molecule has 0 spiro atoms. The first-order chi connectivity index (χ1) is 8.18. The number of aliphatic hydroxyl groups is 5. The van der Waals surface area contributed by atoms with Gasteiger partial charge in [0.05, 0.1) is 6.61 Å². The SMILES string of the molecule is O=C(CO)[C@@H](O)[C@H](O)[C@H](O)CO.O=C(O)C(=O)O. The summed E-state index contributed by atoms with van der Waals surface area (Å²) in [4.78, 5) is 28.7. The number of aliphatic carboxylic acids is 2. The zero-order valence-corrected chi connectivity index (χ0v) is 9.00. The number of carboxylic acid groups (broad SMARTS) is 2. The van der Waals surface area contributed by atoms with Crippen LogP contribution >= 0.6 is 0 Å². The number of carboxylic acids is 2. The van der Waals surface area contributed by atoms with Crippen molar-refractivity contribution in [3.63, 3.8) is 0 Å². The molecule has 0 aliphatic rings. The maximum absolute atomic E-state index is 10.5. The fourth-order valence-electron chi connectivity index (χ4n) is 0.602. The molecule has 0 aromatic heterocycles. The van der Waals surface area contributed by atoms with Crippen molar-refractivity contribution in [2.24, 2.45) is 0 Å². The highest BCUT2D eigenvalue weighted by Gasteiger charge is 2.28. The van der Waals surface area contributed by atoms with Crippen LogP contribution in [-0.2, 0) is 14.4 Å². The highest BCUT2D eigenvalue weighted by Crippen LogP contribution is 2.00. The molecule has 0 unspecified atom stereocenters. The van der Waals surface area contributed by atoms with E-state index in [0.717, 1.165) is 0 Å². The number of ketones is 1. The van der Waals surface area contributed by atoms with E-state index in [1.54, 1.807) is 0 Å². The van der Waals surface area contributed by atoms with Gasteiger partial charge in [-0.3, -0.25) is 4.79 Å². The molecule has 3 atom stereocenters. The van der Waals surface area contributed by atoms with Crippen LogP contribution in [0.4, 0.5) is 0 Å². The third-order valence-corrected chi connectivity index (χ3v) is 1.57. The van der Waals surface area contributed by atoms with Gasteiger partial charge in [0.15, 0.2) is 5.78 Å². The molecule has 0 aromatic carbocycles. The molecule has 106 valence electrons. The fraction of sp³-hybridized carbons (Fsp3) is 0.625. The maximum atomic E-state index is 10.5. The van der Waals surface area contributed by atoms with E-state index >= 15 is 0 Å². The summed E-state index contributed by atoms with van der Waals surface area (Å²) >= 11 is 0. The average Bonchev–Trinajstić information content (AvgIpc) is 2.35. The molecule has 0 radical (unpaired) electrons. The van der Waals surface area contributed by atoms with Crippen LogP contribution in [0.2, 0.25) is 0 Å². The van der Waals surface area contributed by atoms with Crippen molar-refractivity contribution in [2.75, 3.05) is 13.2 Å². The minimum Gasteiger partial charge on any atom is -0.473 e. The molecule has 0 amide bonds. The topological polar surface area (TPSA) is 193 Å². The minimum atomic E-state index is -1.86. The second kappa shape index (κ2) is 9.44. The fourth-order valence-corrected chi connectivity index (χ4v) is 0.602. The van der Waals surface area contributed by atoms with E-state index in [4.69, 9.17) is 45.3 Å². The second-order valence-corrected chi connectivity index (χ2v) is 2.92. The van der Waals surface area contributed by atoms with Crippen LogP contribution < -0.4 is 0 Å². The largest absolute Gasteiger partial charge is 0.473 e. The van der Waals surface area contributed by atoms with Gasteiger partial charge in [0, 0.05) is 0 Å². The van der Waals surface area contributed by atoms with Gasteiger partial charge in [-0.25, -0.2) is 9.59 Å². The lowest BCUT2D eigenvalue weighted by atomic mass is 10.1. The van der Waals surface area contributed by atoms with Crippen LogP contribution in [-0.4, -0.2) is 85.0 Å². The molecular weight excluding hydrogens is 256 g/mol. The minimum absolute atomic E-state index is 0.767. The predicted octanol–water partition coefficient (Wildman–Crippen LogP) is -4.22. The Morgan fingerprint density at radius 2 is 1.28 bits per heavy atom. The third-order valence-electron chi connectivity index (χ3n) is 1.57. The van der Waals surface area contributed by atoms with Crippen LogP contribution in [0.25, 0.3) is 0 Å². The van der Waals surface area contributed by atoms with Gasteiger partial charge in [-0.1, -0.05) is 0 Å². The van der Waals surface area contributed by atoms with Gasteiger partial charge >= 0.3 is 11.9 Å². The Hall–Kier alpha value is -1.59. The molecule has 7 N–H and O–H groups in total. The molecular formula is C8H14O10.